The second-order valence-electron chi connectivity index (χ2n) is 5.80. The van der Waals surface area contributed by atoms with Gasteiger partial charge in [0.2, 0.25) is 15.9 Å². The van der Waals surface area contributed by atoms with Crippen LogP contribution in [0.25, 0.3) is 0 Å². The Kier molecular flexibility index (Phi) is 6.17. The van der Waals surface area contributed by atoms with E-state index in [9.17, 15) is 18.0 Å². The van der Waals surface area contributed by atoms with E-state index in [1.807, 2.05) is 0 Å². The number of amides is 2. The largest absolute Gasteiger partial charge is 0.467 e. The molecule has 140 valence electrons. The normalized spacial score (nSPS) is 12.6. The smallest absolute Gasteiger partial charge is 0.251 e. The van der Waals surface area contributed by atoms with Crippen molar-refractivity contribution in [3.8, 4) is 0 Å². The minimum atomic E-state index is -3.56. The van der Waals surface area contributed by atoms with Gasteiger partial charge in [-0.25, -0.2) is 12.7 Å². The van der Waals surface area contributed by atoms with E-state index in [1.165, 1.54) is 44.6 Å². The molecule has 1 atom stereocenters. The highest BCUT2D eigenvalue weighted by atomic mass is 32.2. The van der Waals surface area contributed by atoms with Gasteiger partial charge in [0.1, 0.15) is 11.8 Å². The Balaban J connectivity index is 1.95. The van der Waals surface area contributed by atoms with Crippen LogP contribution < -0.4 is 10.6 Å². The molecule has 0 aliphatic carbocycles. The molecule has 0 aliphatic rings. The van der Waals surface area contributed by atoms with Gasteiger partial charge in [-0.2, -0.15) is 0 Å². The lowest BCUT2D eigenvalue weighted by molar-refractivity contribution is -0.122. The fourth-order valence-electron chi connectivity index (χ4n) is 2.08. The number of nitrogens with one attached hydrogen (secondary N) is 2. The average Bonchev–Trinajstić information content (AvgIpc) is 3.13. The molecular weight excluding hydrogens is 358 g/mol. The summed E-state index contributed by atoms with van der Waals surface area (Å²) in [6.07, 6.45) is 1.51. The maximum Gasteiger partial charge on any atom is 0.251 e. The number of carbonyl (C=O) groups is 2. The molecule has 26 heavy (non-hydrogen) atoms. The minimum Gasteiger partial charge on any atom is -0.467 e. The van der Waals surface area contributed by atoms with Crippen LogP contribution in [0.2, 0.25) is 0 Å². The van der Waals surface area contributed by atoms with Crippen LogP contribution in [0.4, 0.5) is 0 Å². The molecular formula is C17H21N3O5S. The van der Waals surface area contributed by atoms with Gasteiger partial charge in [0.15, 0.2) is 0 Å². The highest BCUT2D eigenvalue weighted by Gasteiger charge is 2.19. The third-order valence-electron chi connectivity index (χ3n) is 3.65. The van der Waals surface area contributed by atoms with Crippen LogP contribution in [-0.2, 0) is 21.4 Å². The number of benzene rings is 1. The molecule has 2 N–H and O–H groups in total. The summed E-state index contributed by atoms with van der Waals surface area (Å²) in [6, 6.07) is 8.19. The fraction of sp³-hybridized carbons (Fsp3) is 0.294. The van der Waals surface area contributed by atoms with Gasteiger partial charge in [0, 0.05) is 19.7 Å². The van der Waals surface area contributed by atoms with Crippen molar-refractivity contribution >= 4 is 21.8 Å². The molecule has 0 spiro atoms. The number of sulfonamides is 1. The number of rotatable bonds is 7. The molecule has 1 aromatic carbocycles. The first kappa shape index (κ1) is 19.7. The predicted molar refractivity (Wildman–Crippen MR) is 94.8 cm³/mol. The van der Waals surface area contributed by atoms with Gasteiger partial charge in [0.05, 0.1) is 17.7 Å². The molecule has 1 aromatic heterocycles. The monoisotopic (exact) mass is 379 g/mol. The van der Waals surface area contributed by atoms with Crippen molar-refractivity contribution < 1.29 is 22.4 Å². The van der Waals surface area contributed by atoms with Crippen LogP contribution in [0.5, 0.6) is 0 Å². The van der Waals surface area contributed by atoms with E-state index in [4.69, 9.17) is 4.42 Å². The van der Waals surface area contributed by atoms with Crippen molar-refractivity contribution in [3.63, 3.8) is 0 Å². The molecule has 0 aliphatic heterocycles. The second kappa shape index (κ2) is 8.15. The van der Waals surface area contributed by atoms with Crippen LogP contribution in [0.15, 0.2) is 52.0 Å². The summed E-state index contributed by atoms with van der Waals surface area (Å²) >= 11 is 0. The molecule has 8 nitrogen and oxygen atoms in total. The van der Waals surface area contributed by atoms with Crippen molar-refractivity contribution in [1.82, 2.24) is 14.9 Å². The van der Waals surface area contributed by atoms with Crippen LogP contribution in [0.1, 0.15) is 23.0 Å². The Labute approximate surface area is 152 Å². The first-order chi connectivity index (χ1) is 12.2. The summed E-state index contributed by atoms with van der Waals surface area (Å²) < 4.78 is 30.2. The Morgan fingerprint density at radius 1 is 1.15 bits per heavy atom. The second-order valence-corrected chi connectivity index (χ2v) is 7.96. The molecule has 0 saturated heterocycles. The Morgan fingerprint density at radius 3 is 2.35 bits per heavy atom. The first-order valence-electron chi connectivity index (χ1n) is 7.85. The summed E-state index contributed by atoms with van der Waals surface area (Å²) in [7, 11) is -0.697. The van der Waals surface area contributed by atoms with Crippen LogP contribution in [0, 0.1) is 0 Å². The average molecular weight is 379 g/mol. The molecule has 0 unspecified atom stereocenters. The third kappa shape index (κ3) is 4.70. The van der Waals surface area contributed by atoms with Gasteiger partial charge in [-0.1, -0.05) is 0 Å². The zero-order valence-corrected chi connectivity index (χ0v) is 15.5. The standard InChI is InChI=1S/C17H21N3O5S/c1-12(16(21)18-11-14-5-4-10-25-14)19-17(22)13-6-8-15(9-7-13)26(23,24)20(2)3/h4-10,12H,11H2,1-3H3,(H,18,21)(H,19,22)/t12-/m0/s1. The Bertz CT molecular complexity index is 858. The zero-order chi connectivity index (χ0) is 19.3. The lowest BCUT2D eigenvalue weighted by Gasteiger charge is -2.14. The minimum absolute atomic E-state index is 0.0864. The van der Waals surface area contributed by atoms with E-state index in [-0.39, 0.29) is 22.9 Å². The molecule has 2 amide bonds. The van der Waals surface area contributed by atoms with E-state index in [1.54, 1.807) is 19.1 Å². The van der Waals surface area contributed by atoms with Gasteiger partial charge in [-0.3, -0.25) is 9.59 Å². The lowest BCUT2D eigenvalue weighted by atomic mass is 10.2. The van der Waals surface area contributed by atoms with Gasteiger partial charge in [-0.05, 0) is 43.3 Å². The first-order valence-corrected chi connectivity index (χ1v) is 9.29. The van der Waals surface area contributed by atoms with Gasteiger partial charge < -0.3 is 15.1 Å². The SMILES string of the molecule is C[C@H](NC(=O)c1ccc(S(=O)(=O)N(C)C)cc1)C(=O)NCc1ccco1. The third-order valence-corrected chi connectivity index (χ3v) is 5.48. The quantitative estimate of drug-likeness (QED) is 0.745. The maximum atomic E-state index is 12.2. The molecule has 0 saturated carbocycles. The zero-order valence-electron chi connectivity index (χ0n) is 14.7. The highest BCUT2D eigenvalue weighted by Crippen LogP contribution is 2.14. The number of carbonyl (C=O) groups excluding carboxylic acids is 2. The fourth-order valence-corrected chi connectivity index (χ4v) is 2.98. The van der Waals surface area contributed by atoms with Crippen LogP contribution in [-0.4, -0.2) is 44.7 Å². The van der Waals surface area contributed by atoms with Crippen LogP contribution >= 0.6 is 0 Å². The Morgan fingerprint density at radius 2 is 1.81 bits per heavy atom. The van der Waals surface area contributed by atoms with Crippen molar-refractivity contribution in [2.75, 3.05) is 14.1 Å². The van der Waals surface area contributed by atoms with E-state index in [0.717, 1.165) is 4.31 Å². The molecule has 1 heterocycles. The van der Waals surface area contributed by atoms with Gasteiger partial charge in [-0.15, -0.1) is 0 Å². The van der Waals surface area contributed by atoms with Crippen molar-refractivity contribution in [2.45, 2.75) is 24.4 Å². The van der Waals surface area contributed by atoms with E-state index in [0.29, 0.717) is 5.76 Å². The Hall–Kier alpha value is -2.65. The number of hydrogen-bond donors (Lipinski definition) is 2. The highest BCUT2D eigenvalue weighted by molar-refractivity contribution is 7.89. The molecule has 9 heteroatoms. The number of hydrogen-bond acceptors (Lipinski definition) is 5. The lowest BCUT2D eigenvalue weighted by Crippen LogP contribution is -2.44. The van der Waals surface area contributed by atoms with E-state index >= 15 is 0 Å². The predicted octanol–water partition coefficient (Wildman–Crippen LogP) is 0.965. The van der Waals surface area contributed by atoms with Gasteiger partial charge >= 0.3 is 0 Å². The molecule has 2 aromatic rings. The van der Waals surface area contributed by atoms with Crippen molar-refractivity contribution in [2.24, 2.45) is 0 Å². The molecule has 2 rings (SSSR count). The number of nitrogens with zero attached hydrogens (tertiary/aromatic N) is 1. The van der Waals surface area contributed by atoms with E-state index in [2.05, 4.69) is 10.6 Å². The molecule has 0 fully saturated rings. The van der Waals surface area contributed by atoms with Crippen molar-refractivity contribution in [1.29, 1.82) is 0 Å². The van der Waals surface area contributed by atoms with Crippen molar-refractivity contribution in [3.05, 3.63) is 54.0 Å². The van der Waals surface area contributed by atoms with Crippen LogP contribution in [0.3, 0.4) is 0 Å². The molecule has 0 bridgehead atoms. The van der Waals surface area contributed by atoms with E-state index < -0.39 is 22.0 Å². The summed E-state index contributed by atoms with van der Waals surface area (Å²) in [5.74, 6) is -0.226. The topological polar surface area (TPSA) is 109 Å². The summed E-state index contributed by atoms with van der Waals surface area (Å²) in [5.41, 5.74) is 0.258. The summed E-state index contributed by atoms with van der Waals surface area (Å²) in [4.78, 5) is 24.3. The maximum absolute atomic E-state index is 12.2. The number of furan rings is 1. The van der Waals surface area contributed by atoms with Gasteiger partial charge in [0.25, 0.3) is 5.91 Å². The summed E-state index contributed by atoms with van der Waals surface area (Å²) in [6.45, 7) is 1.78. The molecule has 0 radical (unpaired) electrons. The summed E-state index contributed by atoms with van der Waals surface area (Å²) in [5, 5.41) is 5.22.